The van der Waals surface area contributed by atoms with Gasteiger partial charge in [0.25, 0.3) is 5.91 Å². The third-order valence-corrected chi connectivity index (χ3v) is 4.16. The Morgan fingerprint density at radius 2 is 2.10 bits per heavy atom. The summed E-state index contributed by atoms with van der Waals surface area (Å²) in [5.74, 6) is -0.941. The Morgan fingerprint density at radius 1 is 1.43 bits per heavy atom. The van der Waals surface area contributed by atoms with Crippen LogP contribution in [0.5, 0.6) is 0 Å². The predicted octanol–water partition coefficient (Wildman–Crippen LogP) is 1.71. The van der Waals surface area contributed by atoms with Gasteiger partial charge in [0.1, 0.15) is 5.82 Å². The maximum Gasteiger partial charge on any atom is 0.254 e. The number of amides is 1. The number of hydrogen-bond donors (Lipinski definition) is 2. The third kappa shape index (κ3) is 4.25. The summed E-state index contributed by atoms with van der Waals surface area (Å²) in [7, 11) is 2.03. The molecule has 0 saturated carbocycles. The van der Waals surface area contributed by atoms with E-state index in [1.807, 2.05) is 14.0 Å². The van der Waals surface area contributed by atoms with E-state index >= 15 is 0 Å². The quantitative estimate of drug-likeness (QED) is 0.889. The van der Waals surface area contributed by atoms with Crippen LogP contribution in [0, 0.1) is 12.7 Å². The molecule has 1 aliphatic heterocycles. The molecule has 0 spiro atoms. The van der Waals surface area contributed by atoms with Gasteiger partial charge in [0.05, 0.1) is 11.2 Å². The van der Waals surface area contributed by atoms with Crippen LogP contribution in [-0.2, 0) is 0 Å². The average Bonchev–Trinajstić information content (AvgIpc) is 2.45. The number of rotatable bonds is 4. The minimum Gasteiger partial charge on any atom is -0.390 e. The lowest BCUT2D eigenvalue weighted by Crippen LogP contribution is -2.44. The summed E-state index contributed by atoms with van der Waals surface area (Å²) in [5, 5.41) is 13.1. The molecule has 0 radical (unpaired) electrons. The van der Waals surface area contributed by atoms with E-state index < -0.39 is 17.3 Å². The summed E-state index contributed by atoms with van der Waals surface area (Å²) >= 11 is 0. The monoisotopic (exact) mass is 294 g/mol. The lowest BCUT2D eigenvalue weighted by molar-refractivity contribution is -0.0214. The minimum absolute atomic E-state index is 0.0605. The number of nitrogens with zero attached hydrogens (tertiary/aromatic N) is 1. The van der Waals surface area contributed by atoms with Crippen molar-refractivity contribution in [1.29, 1.82) is 0 Å². The minimum atomic E-state index is -0.717. The largest absolute Gasteiger partial charge is 0.390 e. The fourth-order valence-corrected chi connectivity index (χ4v) is 2.60. The summed E-state index contributed by atoms with van der Waals surface area (Å²) in [6, 6.07) is 4.47. The number of aliphatic hydroxyl groups is 1. The maximum atomic E-state index is 13.6. The van der Waals surface area contributed by atoms with Crippen molar-refractivity contribution >= 4 is 5.91 Å². The van der Waals surface area contributed by atoms with Gasteiger partial charge in [-0.3, -0.25) is 4.79 Å². The van der Waals surface area contributed by atoms with Crippen molar-refractivity contribution in [3.05, 3.63) is 35.1 Å². The average molecular weight is 294 g/mol. The summed E-state index contributed by atoms with van der Waals surface area (Å²) in [4.78, 5) is 14.2. The first-order chi connectivity index (χ1) is 9.89. The van der Waals surface area contributed by atoms with Crippen LogP contribution < -0.4 is 5.32 Å². The van der Waals surface area contributed by atoms with Gasteiger partial charge in [0.2, 0.25) is 0 Å². The van der Waals surface area contributed by atoms with E-state index in [1.54, 1.807) is 6.07 Å². The number of piperidine rings is 1. The number of carbonyl (C=O) groups is 1. The zero-order valence-corrected chi connectivity index (χ0v) is 12.7. The van der Waals surface area contributed by atoms with E-state index in [0.29, 0.717) is 25.8 Å². The van der Waals surface area contributed by atoms with E-state index in [4.69, 9.17) is 0 Å². The molecule has 1 heterocycles. The molecule has 0 atom stereocenters. The number of likely N-dealkylation sites (tertiary alicyclic amines) is 1. The second-order valence-corrected chi connectivity index (χ2v) is 6.02. The van der Waals surface area contributed by atoms with Gasteiger partial charge >= 0.3 is 0 Å². The SMILES string of the molecule is Cc1ccc(F)c(C(=O)NCCC2(O)CCN(C)CC2)c1. The standard InChI is InChI=1S/C16H23FN2O2/c1-12-3-4-14(17)13(11-12)15(20)18-8-5-16(21)6-9-19(2)10-7-16/h3-4,11,21H,5-10H2,1-2H3,(H,18,20). The molecular formula is C16H23FN2O2. The van der Waals surface area contributed by atoms with Gasteiger partial charge in [-0.1, -0.05) is 11.6 Å². The maximum absolute atomic E-state index is 13.6. The van der Waals surface area contributed by atoms with Gasteiger partial charge in [0, 0.05) is 19.6 Å². The van der Waals surface area contributed by atoms with Gasteiger partial charge in [-0.15, -0.1) is 0 Å². The Labute approximate surface area is 125 Å². The molecule has 1 aromatic rings. The van der Waals surface area contributed by atoms with Gasteiger partial charge < -0.3 is 15.3 Å². The summed E-state index contributed by atoms with van der Waals surface area (Å²) < 4.78 is 13.6. The molecule has 1 aromatic carbocycles. The summed E-state index contributed by atoms with van der Waals surface area (Å²) in [6.07, 6.45) is 1.91. The van der Waals surface area contributed by atoms with Crippen LogP contribution in [0.3, 0.4) is 0 Å². The Kier molecular flexibility index (Phi) is 4.96. The molecule has 1 amide bonds. The predicted molar refractivity (Wildman–Crippen MR) is 79.8 cm³/mol. The first-order valence-electron chi connectivity index (χ1n) is 7.35. The Hall–Kier alpha value is -1.46. The fourth-order valence-electron chi connectivity index (χ4n) is 2.60. The molecule has 116 valence electrons. The molecule has 0 bridgehead atoms. The van der Waals surface area contributed by atoms with Crippen LogP contribution in [0.15, 0.2) is 18.2 Å². The molecule has 1 fully saturated rings. The van der Waals surface area contributed by atoms with Gasteiger partial charge in [-0.2, -0.15) is 0 Å². The molecule has 0 aromatic heterocycles. The first-order valence-corrected chi connectivity index (χ1v) is 7.35. The van der Waals surface area contributed by atoms with Crippen LogP contribution in [-0.4, -0.2) is 48.2 Å². The molecule has 2 rings (SSSR count). The third-order valence-electron chi connectivity index (χ3n) is 4.16. The number of aryl methyl sites for hydroxylation is 1. The molecule has 0 unspecified atom stereocenters. The molecule has 21 heavy (non-hydrogen) atoms. The smallest absolute Gasteiger partial charge is 0.254 e. The number of nitrogens with one attached hydrogen (secondary N) is 1. The van der Waals surface area contributed by atoms with Crippen LogP contribution in [0.1, 0.15) is 35.2 Å². The zero-order valence-electron chi connectivity index (χ0n) is 12.7. The molecule has 1 saturated heterocycles. The van der Waals surface area contributed by atoms with Crippen LogP contribution >= 0.6 is 0 Å². The van der Waals surface area contributed by atoms with E-state index in [9.17, 15) is 14.3 Å². The molecule has 1 aliphatic rings. The van der Waals surface area contributed by atoms with E-state index in [-0.39, 0.29) is 5.56 Å². The normalized spacial score (nSPS) is 18.5. The van der Waals surface area contributed by atoms with Crippen LogP contribution in [0.2, 0.25) is 0 Å². The lowest BCUT2D eigenvalue weighted by Gasteiger charge is -2.36. The molecular weight excluding hydrogens is 271 g/mol. The number of benzene rings is 1. The first kappa shape index (κ1) is 15.9. The molecule has 5 heteroatoms. The van der Waals surface area contributed by atoms with Crippen molar-refractivity contribution in [2.24, 2.45) is 0 Å². The molecule has 4 nitrogen and oxygen atoms in total. The second kappa shape index (κ2) is 6.54. The summed E-state index contributed by atoms with van der Waals surface area (Å²) in [6.45, 7) is 3.89. The summed E-state index contributed by atoms with van der Waals surface area (Å²) in [5.41, 5.74) is 0.186. The topological polar surface area (TPSA) is 52.6 Å². The number of hydrogen-bond acceptors (Lipinski definition) is 3. The number of halogens is 1. The van der Waals surface area contributed by atoms with Crippen molar-refractivity contribution in [3.8, 4) is 0 Å². The fraction of sp³-hybridized carbons (Fsp3) is 0.562. The highest BCUT2D eigenvalue weighted by Crippen LogP contribution is 2.24. The lowest BCUT2D eigenvalue weighted by atomic mass is 9.88. The Morgan fingerprint density at radius 3 is 2.76 bits per heavy atom. The Balaban J connectivity index is 1.85. The van der Waals surface area contributed by atoms with Crippen molar-refractivity contribution in [3.63, 3.8) is 0 Å². The van der Waals surface area contributed by atoms with Gasteiger partial charge in [-0.25, -0.2) is 4.39 Å². The van der Waals surface area contributed by atoms with Crippen molar-refractivity contribution in [2.45, 2.75) is 31.8 Å². The Bertz CT molecular complexity index is 511. The van der Waals surface area contributed by atoms with E-state index in [1.165, 1.54) is 12.1 Å². The highest BCUT2D eigenvalue weighted by molar-refractivity contribution is 5.94. The van der Waals surface area contributed by atoms with Gasteiger partial charge in [0.15, 0.2) is 0 Å². The number of carbonyl (C=O) groups excluding carboxylic acids is 1. The highest BCUT2D eigenvalue weighted by Gasteiger charge is 2.30. The van der Waals surface area contributed by atoms with Crippen molar-refractivity contribution in [1.82, 2.24) is 10.2 Å². The van der Waals surface area contributed by atoms with Gasteiger partial charge in [-0.05, 0) is 45.4 Å². The van der Waals surface area contributed by atoms with Crippen molar-refractivity contribution in [2.75, 3.05) is 26.7 Å². The van der Waals surface area contributed by atoms with Crippen LogP contribution in [0.4, 0.5) is 4.39 Å². The highest BCUT2D eigenvalue weighted by atomic mass is 19.1. The van der Waals surface area contributed by atoms with Crippen molar-refractivity contribution < 1.29 is 14.3 Å². The second-order valence-electron chi connectivity index (χ2n) is 6.02. The molecule has 2 N–H and O–H groups in total. The molecule has 0 aliphatic carbocycles. The van der Waals surface area contributed by atoms with Crippen LogP contribution in [0.25, 0.3) is 0 Å². The zero-order chi connectivity index (χ0) is 15.5. The van der Waals surface area contributed by atoms with E-state index in [0.717, 1.165) is 18.7 Å². The van der Waals surface area contributed by atoms with E-state index in [2.05, 4.69) is 10.2 Å².